The first-order valence-corrected chi connectivity index (χ1v) is 10.6. The molecule has 6 heteroatoms. The number of imidazole rings is 1. The van der Waals surface area contributed by atoms with Crippen LogP contribution in [-0.4, -0.2) is 47.2 Å². The van der Waals surface area contributed by atoms with Crippen molar-refractivity contribution in [2.24, 2.45) is 5.92 Å². The number of esters is 1. The van der Waals surface area contributed by atoms with Crippen LogP contribution >= 0.6 is 0 Å². The van der Waals surface area contributed by atoms with Crippen LogP contribution in [0.1, 0.15) is 31.2 Å². The molecule has 2 heterocycles. The van der Waals surface area contributed by atoms with E-state index < -0.39 is 0 Å². The van der Waals surface area contributed by atoms with Crippen LogP contribution in [0, 0.1) is 5.92 Å². The molecule has 1 aliphatic rings. The van der Waals surface area contributed by atoms with Crippen molar-refractivity contribution >= 4 is 17.0 Å². The number of likely N-dealkylation sites (tertiary alicyclic amines) is 1. The molecule has 4 rings (SSSR count). The number of benzene rings is 2. The van der Waals surface area contributed by atoms with Crippen molar-refractivity contribution in [1.82, 2.24) is 14.5 Å². The number of fused-ring (bicyclic) bond motifs is 1. The Hall–Kier alpha value is -2.86. The molecule has 0 atom stereocenters. The standard InChI is InChI=1S/C24H29N3O3/c1-3-30-24(28)19-11-13-26(14-12-19)17-23-25-21-15-20(29-2)9-10-22(21)27(23)16-18-7-5-4-6-8-18/h4-10,15,19H,3,11-14,16-17H2,1-2H3. The maximum absolute atomic E-state index is 12.0. The maximum Gasteiger partial charge on any atom is 0.309 e. The molecule has 2 aromatic carbocycles. The lowest BCUT2D eigenvalue weighted by Crippen LogP contribution is -2.37. The summed E-state index contributed by atoms with van der Waals surface area (Å²) in [5.41, 5.74) is 3.30. The minimum Gasteiger partial charge on any atom is -0.497 e. The Morgan fingerprint density at radius 3 is 2.57 bits per heavy atom. The number of carbonyl (C=O) groups excluding carboxylic acids is 1. The van der Waals surface area contributed by atoms with Gasteiger partial charge in [-0.25, -0.2) is 4.98 Å². The lowest BCUT2D eigenvalue weighted by molar-refractivity contribution is -0.149. The van der Waals surface area contributed by atoms with Crippen molar-refractivity contribution in [2.75, 3.05) is 26.8 Å². The molecule has 0 N–H and O–H groups in total. The van der Waals surface area contributed by atoms with E-state index in [4.69, 9.17) is 14.5 Å². The molecule has 3 aromatic rings. The third-order valence-corrected chi connectivity index (χ3v) is 5.79. The second-order valence-corrected chi connectivity index (χ2v) is 7.76. The molecule has 1 aliphatic heterocycles. The number of piperidine rings is 1. The molecule has 1 fully saturated rings. The lowest BCUT2D eigenvalue weighted by atomic mass is 9.97. The van der Waals surface area contributed by atoms with Crippen molar-refractivity contribution in [3.05, 3.63) is 59.9 Å². The van der Waals surface area contributed by atoms with Crippen LogP contribution in [0.4, 0.5) is 0 Å². The highest BCUT2D eigenvalue weighted by Gasteiger charge is 2.27. The first-order chi connectivity index (χ1) is 14.7. The Labute approximate surface area is 177 Å². The summed E-state index contributed by atoms with van der Waals surface area (Å²) in [5, 5.41) is 0. The quantitative estimate of drug-likeness (QED) is 0.557. The number of methoxy groups -OCH3 is 1. The fourth-order valence-electron chi connectivity index (χ4n) is 4.14. The van der Waals surface area contributed by atoms with Gasteiger partial charge in [0.15, 0.2) is 0 Å². The predicted octanol–water partition coefficient (Wildman–Crippen LogP) is 3.87. The summed E-state index contributed by atoms with van der Waals surface area (Å²) in [7, 11) is 1.68. The van der Waals surface area contributed by atoms with Gasteiger partial charge in [0.05, 0.1) is 37.2 Å². The SMILES string of the molecule is CCOC(=O)C1CCN(Cc2nc3cc(OC)ccc3n2Cc2ccccc2)CC1. The second kappa shape index (κ2) is 9.30. The molecule has 30 heavy (non-hydrogen) atoms. The van der Waals surface area contributed by atoms with E-state index >= 15 is 0 Å². The van der Waals surface area contributed by atoms with Crippen molar-refractivity contribution in [3.63, 3.8) is 0 Å². The molecule has 0 radical (unpaired) electrons. The van der Waals surface area contributed by atoms with Gasteiger partial charge in [0.1, 0.15) is 11.6 Å². The minimum absolute atomic E-state index is 0.0218. The number of rotatable bonds is 7. The Kier molecular flexibility index (Phi) is 6.33. The van der Waals surface area contributed by atoms with Crippen LogP contribution in [-0.2, 0) is 22.6 Å². The number of ether oxygens (including phenoxy) is 2. The van der Waals surface area contributed by atoms with Gasteiger partial charge in [-0.15, -0.1) is 0 Å². The minimum atomic E-state index is -0.0550. The van der Waals surface area contributed by atoms with Crippen LogP contribution in [0.25, 0.3) is 11.0 Å². The molecule has 6 nitrogen and oxygen atoms in total. The summed E-state index contributed by atoms with van der Waals surface area (Å²) >= 11 is 0. The topological polar surface area (TPSA) is 56.6 Å². The average molecular weight is 408 g/mol. The highest BCUT2D eigenvalue weighted by Crippen LogP contribution is 2.25. The fourth-order valence-corrected chi connectivity index (χ4v) is 4.14. The summed E-state index contributed by atoms with van der Waals surface area (Å²) < 4.78 is 12.9. The largest absolute Gasteiger partial charge is 0.497 e. The van der Waals surface area contributed by atoms with Crippen LogP contribution < -0.4 is 4.74 Å². The number of aromatic nitrogens is 2. The number of hydrogen-bond donors (Lipinski definition) is 0. The Bertz CT molecular complexity index is 992. The van der Waals surface area contributed by atoms with Crippen LogP contribution in [0.3, 0.4) is 0 Å². The highest BCUT2D eigenvalue weighted by molar-refractivity contribution is 5.78. The van der Waals surface area contributed by atoms with E-state index in [9.17, 15) is 4.79 Å². The zero-order chi connectivity index (χ0) is 20.9. The molecule has 0 saturated carbocycles. The van der Waals surface area contributed by atoms with Crippen molar-refractivity contribution in [2.45, 2.75) is 32.9 Å². The van der Waals surface area contributed by atoms with Gasteiger partial charge in [-0.2, -0.15) is 0 Å². The van der Waals surface area contributed by atoms with E-state index in [2.05, 4.69) is 39.8 Å². The molecule has 0 aliphatic carbocycles. The summed E-state index contributed by atoms with van der Waals surface area (Å²) in [6.45, 7) is 5.60. The van der Waals surface area contributed by atoms with Crippen LogP contribution in [0.5, 0.6) is 5.75 Å². The van der Waals surface area contributed by atoms with Gasteiger partial charge >= 0.3 is 5.97 Å². The first-order valence-electron chi connectivity index (χ1n) is 10.6. The van der Waals surface area contributed by atoms with Crippen LogP contribution in [0.15, 0.2) is 48.5 Å². The molecular weight excluding hydrogens is 378 g/mol. The highest BCUT2D eigenvalue weighted by atomic mass is 16.5. The second-order valence-electron chi connectivity index (χ2n) is 7.76. The molecular formula is C24H29N3O3. The summed E-state index contributed by atoms with van der Waals surface area (Å²) in [4.78, 5) is 19.4. The molecule has 1 aromatic heterocycles. The van der Waals surface area contributed by atoms with E-state index in [1.165, 1.54) is 5.56 Å². The van der Waals surface area contributed by atoms with Crippen LogP contribution in [0.2, 0.25) is 0 Å². The molecule has 0 amide bonds. The van der Waals surface area contributed by atoms with E-state index in [1.54, 1.807) is 7.11 Å². The number of hydrogen-bond acceptors (Lipinski definition) is 5. The van der Waals surface area contributed by atoms with Gasteiger partial charge in [0.25, 0.3) is 0 Å². The van der Waals surface area contributed by atoms with E-state index in [1.807, 2.05) is 25.1 Å². The lowest BCUT2D eigenvalue weighted by Gasteiger charge is -2.30. The van der Waals surface area contributed by atoms with Gasteiger partial charge in [-0.3, -0.25) is 9.69 Å². The van der Waals surface area contributed by atoms with Crippen molar-refractivity contribution in [1.29, 1.82) is 0 Å². The van der Waals surface area contributed by atoms with Gasteiger partial charge in [-0.05, 0) is 50.6 Å². The maximum atomic E-state index is 12.0. The molecule has 0 spiro atoms. The van der Waals surface area contributed by atoms with Gasteiger partial charge in [0.2, 0.25) is 0 Å². The summed E-state index contributed by atoms with van der Waals surface area (Å²) in [5.74, 6) is 1.82. The summed E-state index contributed by atoms with van der Waals surface area (Å²) in [6, 6.07) is 16.5. The third-order valence-electron chi connectivity index (χ3n) is 5.79. The normalized spacial score (nSPS) is 15.4. The monoisotopic (exact) mass is 407 g/mol. The van der Waals surface area contributed by atoms with Gasteiger partial charge in [0, 0.05) is 12.6 Å². The van der Waals surface area contributed by atoms with Crippen molar-refractivity contribution in [3.8, 4) is 5.75 Å². The predicted molar refractivity (Wildman–Crippen MR) is 116 cm³/mol. The zero-order valence-corrected chi connectivity index (χ0v) is 17.7. The first kappa shape index (κ1) is 20.4. The number of nitrogens with zero attached hydrogens (tertiary/aromatic N) is 3. The fraction of sp³-hybridized carbons (Fsp3) is 0.417. The molecule has 0 bridgehead atoms. The van der Waals surface area contributed by atoms with Gasteiger partial charge < -0.3 is 14.0 Å². The van der Waals surface area contributed by atoms with Gasteiger partial charge in [-0.1, -0.05) is 30.3 Å². The zero-order valence-electron chi connectivity index (χ0n) is 17.7. The Balaban J connectivity index is 1.55. The average Bonchev–Trinajstić information content (AvgIpc) is 3.11. The molecule has 1 saturated heterocycles. The molecule has 0 unspecified atom stereocenters. The summed E-state index contributed by atoms with van der Waals surface area (Å²) in [6.07, 6.45) is 1.68. The van der Waals surface area contributed by atoms with E-state index in [0.717, 1.165) is 61.6 Å². The van der Waals surface area contributed by atoms with Crippen molar-refractivity contribution < 1.29 is 14.3 Å². The Morgan fingerprint density at radius 2 is 1.87 bits per heavy atom. The number of carbonyl (C=O) groups is 1. The smallest absolute Gasteiger partial charge is 0.309 e. The molecule has 158 valence electrons. The third kappa shape index (κ3) is 4.49. The van der Waals surface area contributed by atoms with E-state index in [-0.39, 0.29) is 11.9 Å². The van der Waals surface area contributed by atoms with E-state index in [0.29, 0.717) is 6.61 Å². The Morgan fingerprint density at radius 1 is 1.10 bits per heavy atom.